The van der Waals surface area contributed by atoms with Gasteiger partial charge in [0.15, 0.2) is 10.9 Å². The van der Waals surface area contributed by atoms with Gasteiger partial charge in [0.1, 0.15) is 17.2 Å². The van der Waals surface area contributed by atoms with Gasteiger partial charge in [0, 0.05) is 31.0 Å². The quantitative estimate of drug-likeness (QED) is 0.390. The van der Waals surface area contributed by atoms with Crippen LogP contribution in [0.15, 0.2) is 46.2 Å². The molecule has 0 saturated heterocycles. The molecule has 2 heterocycles. The van der Waals surface area contributed by atoms with E-state index in [4.69, 9.17) is 9.15 Å². The van der Waals surface area contributed by atoms with E-state index in [1.54, 1.807) is 48.9 Å². The summed E-state index contributed by atoms with van der Waals surface area (Å²) in [6.45, 7) is 1.89. The molecule has 3 aromatic rings. The molecule has 0 fully saturated rings. The number of methoxy groups -OCH3 is 1. The first-order chi connectivity index (χ1) is 15.4. The molecule has 10 nitrogen and oxygen atoms in total. The second kappa shape index (κ2) is 11.0. The number of thiazole rings is 1. The number of nitrogens with one attached hydrogen (secondary N) is 4. The number of amides is 4. The van der Waals surface area contributed by atoms with Crippen LogP contribution >= 0.6 is 11.3 Å². The summed E-state index contributed by atoms with van der Waals surface area (Å²) in [6, 6.07) is 10.00. The van der Waals surface area contributed by atoms with Crippen molar-refractivity contribution in [3.8, 4) is 17.2 Å². The fourth-order valence-electron chi connectivity index (χ4n) is 2.59. The Bertz CT molecular complexity index is 1080. The molecule has 0 bridgehead atoms. The van der Waals surface area contributed by atoms with E-state index in [0.717, 1.165) is 0 Å². The lowest BCUT2D eigenvalue weighted by Gasteiger charge is -2.08. The Balaban J connectivity index is 1.41. The van der Waals surface area contributed by atoms with E-state index in [9.17, 15) is 14.4 Å². The zero-order valence-corrected chi connectivity index (χ0v) is 18.4. The number of anilines is 2. The number of hydrogen-bond donors (Lipinski definition) is 4. The lowest BCUT2D eigenvalue weighted by Crippen LogP contribution is -2.31. The molecule has 0 aliphatic rings. The molecule has 2 aromatic heterocycles. The van der Waals surface area contributed by atoms with Crippen LogP contribution in [-0.4, -0.2) is 36.5 Å². The smallest absolute Gasteiger partial charge is 0.319 e. The number of hydrogen-bond acceptors (Lipinski definition) is 7. The van der Waals surface area contributed by atoms with E-state index in [1.165, 1.54) is 18.3 Å². The van der Waals surface area contributed by atoms with Gasteiger partial charge in [-0.15, -0.1) is 11.3 Å². The van der Waals surface area contributed by atoms with Crippen LogP contribution in [0.2, 0.25) is 0 Å². The number of nitrogens with zero attached hydrogens (tertiary/aromatic N) is 1. The Morgan fingerprint density at radius 2 is 1.84 bits per heavy atom. The van der Waals surface area contributed by atoms with Gasteiger partial charge in [0.25, 0.3) is 0 Å². The van der Waals surface area contributed by atoms with Gasteiger partial charge in [0.05, 0.1) is 13.7 Å². The summed E-state index contributed by atoms with van der Waals surface area (Å²) in [4.78, 5) is 39.4. The Hall–Kier alpha value is -3.86. The van der Waals surface area contributed by atoms with Crippen LogP contribution < -0.4 is 26.0 Å². The van der Waals surface area contributed by atoms with Crippen molar-refractivity contribution in [2.45, 2.75) is 19.9 Å². The molecule has 1 aromatic carbocycles. The molecule has 0 aliphatic heterocycles. The summed E-state index contributed by atoms with van der Waals surface area (Å²) in [7, 11) is 1.57. The number of benzene rings is 1. The van der Waals surface area contributed by atoms with Gasteiger partial charge in [-0.1, -0.05) is 0 Å². The number of furan rings is 1. The number of urea groups is 1. The first kappa shape index (κ1) is 22.8. The molecule has 11 heteroatoms. The number of ether oxygens (including phenoxy) is 1. The van der Waals surface area contributed by atoms with E-state index < -0.39 is 6.03 Å². The predicted octanol–water partition coefficient (Wildman–Crippen LogP) is 3.20. The molecule has 4 amide bonds. The molecule has 0 spiro atoms. The van der Waals surface area contributed by atoms with Gasteiger partial charge in [-0.25, -0.2) is 9.78 Å². The van der Waals surface area contributed by atoms with Crippen LogP contribution in [0.4, 0.5) is 15.6 Å². The molecular formula is C21H23N5O5S. The Kier molecular flexibility index (Phi) is 7.81. The monoisotopic (exact) mass is 457 g/mol. The molecule has 0 aliphatic carbocycles. The van der Waals surface area contributed by atoms with Crippen LogP contribution in [-0.2, 0) is 16.1 Å². The molecular weight excluding hydrogens is 434 g/mol. The zero-order chi connectivity index (χ0) is 22.9. The summed E-state index contributed by atoms with van der Waals surface area (Å²) in [5.74, 6) is 1.41. The van der Waals surface area contributed by atoms with Crippen LogP contribution in [0, 0.1) is 0 Å². The Morgan fingerprint density at radius 3 is 2.56 bits per heavy atom. The molecule has 32 heavy (non-hydrogen) atoms. The minimum atomic E-state index is -0.410. The average molecular weight is 458 g/mol. The summed E-state index contributed by atoms with van der Waals surface area (Å²) in [6.07, 6.45) is 0.0898. The maximum absolute atomic E-state index is 12.1. The minimum absolute atomic E-state index is 0.0898. The summed E-state index contributed by atoms with van der Waals surface area (Å²) >= 11 is 1.26. The van der Waals surface area contributed by atoms with Crippen molar-refractivity contribution >= 4 is 40.0 Å². The maximum atomic E-state index is 12.1. The lowest BCUT2D eigenvalue weighted by atomic mass is 10.3. The van der Waals surface area contributed by atoms with E-state index >= 15 is 0 Å². The van der Waals surface area contributed by atoms with Gasteiger partial charge >= 0.3 is 6.03 Å². The maximum Gasteiger partial charge on any atom is 0.319 e. The van der Waals surface area contributed by atoms with Gasteiger partial charge in [0.2, 0.25) is 11.8 Å². The van der Waals surface area contributed by atoms with Crippen LogP contribution in [0.5, 0.6) is 5.75 Å². The molecule has 0 atom stereocenters. The van der Waals surface area contributed by atoms with Crippen LogP contribution in [0.1, 0.15) is 19.1 Å². The SMILES string of the molecule is COc1ccc(NC(=O)NCCC(=O)Nc2nc(-c3ccc(CNC(C)=O)o3)cs2)cc1. The second-order valence-corrected chi connectivity index (χ2v) is 7.48. The number of rotatable bonds is 9. The van der Waals surface area contributed by atoms with E-state index in [2.05, 4.69) is 26.3 Å². The average Bonchev–Trinajstić information content (AvgIpc) is 3.42. The highest BCUT2D eigenvalue weighted by atomic mass is 32.1. The molecule has 168 valence electrons. The first-order valence-corrected chi connectivity index (χ1v) is 10.6. The van der Waals surface area contributed by atoms with Crippen molar-refractivity contribution in [3.63, 3.8) is 0 Å². The van der Waals surface area contributed by atoms with Crippen LogP contribution in [0.3, 0.4) is 0 Å². The van der Waals surface area contributed by atoms with E-state index in [0.29, 0.717) is 40.3 Å². The van der Waals surface area contributed by atoms with Crippen molar-refractivity contribution < 1.29 is 23.5 Å². The number of carbonyl (C=O) groups excluding carboxylic acids is 3. The highest BCUT2D eigenvalue weighted by molar-refractivity contribution is 7.14. The van der Waals surface area contributed by atoms with Gasteiger partial charge < -0.3 is 30.4 Å². The molecule has 0 radical (unpaired) electrons. The van der Waals surface area contributed by atoms with Gasteiger partial charge in [-0.3, -0.25) is 9.59 Å². The fraction of sp³-hybridized carbons (Fsp3) is 0.238. The highest BCUT2D eigenvalue weighted by Crippen LogP contribution is 2.26. The van der Waals surface area contributed by atoms with Crippen molar-refractivity contribution in [1.82, 2.24) is 15.6 Å². The third kappa shape index (κ3) is 6.84. The van der Waals surface area contributed by atoms with Crippen molar-refractivity contribution in [1.29, 1.82) is 0 Å². The van der Waals surface area contributed by atoms with E-state index in [1.807, 2.05) is 0 Å². The topological polar surface area (TPSA) is 135 Å². The second-order valence-electron chi connectivity index (χ2n) is 6.62. The van der Waals surface area contributed by atoms with E-state index in [-0.39, 0.29) is 24.8 Å². The third-order valence-electron chi connectivity index (χ3n) is 4.16. The van der Waals surface area contributed by atoms with Crippen LogP contribution in [0.25, 0.3) is 11.5 Å². The summed E-state index contributed by atoms with van der Waals surface area (Å²) in [5.41, 5.74) is 1.19. The van der Waals surface area contributed by atoms with Gasteiger partial charge in [-0.2, -0.15) is 0 Å². The molecule has 0 unspecified atom stereocenters. The largest absolute Gasteiger partial charge is 0.497 e. The first-order valence-electron chi connectivity index (χ1n) is 9.70. The van der Waals surface area contributed by atoms with Crippen molar-refractivity contribution in [3.05, 3.63) is 47.5 Å². The molecule has 4 N–H and O–H groups in total. The number of aromatic nitrogens is 1. The highest BCUT2D eigenvalue weighted by Gasteiger charge is 2.12. The lowest BCUT2D eigenvalue weighted by molar-refractivity contribution is -0.119. The fourth-order valence-corrected chi connectivity index (χ4v) is 3.30. The molecule has 0 saturated carbocycles. The summed E-state index contributed by atoms with van der Waals surface area (Å²) in [5, 5.41) is 12.8. The van der Waals surface area contributed by atoms with Gasteiger partial charge in [-0.05, 0) is 36.4 Å². The third-order valence-corrected chi connectivity index (χ3v) is 4.92. The predicted molar refractivity (Wildman–Crippen MR) is 121 cm³/mol. The standard InChI is InChI=1S/C21H23N5O5S/c1-13(27)23-11-16-7-8-18(31-16)17-12-32-21(25-17)26-19(28)9-10-22-20(29)24-14-3-5-15(30-2)6-4-14/h3-8,12H,9-11H2,1-2H3,(H,23,27)(H2,22,24,29)(H,25,26,28). The van der Waals surface area contributed by atoms with Crippen molar-refractivity contribution in [2.24, 2.45) is 0 Å². The minimum Gasteiger partial charge on any atom is -0.497 e. The summed E-state index contributed by atoms with van der Waals surface area (Å²) < 4.78 is 10.7. The molecule has 3 rings (SSSR count). The normalized spacial score (nSPS) is 10.3. The van der Waals surface area contributed by atoms with Crippen molar-refractivity contribution in [2.75, 3.05) is 24.3 Å². The number of carbonyl (C=O) groups is 3. The Labute approximate surface area is 188 Å². The zero-order valence-electron chi connectivity index (χ0n) is 17.6. The Morgan fingerprint density at radius 1 is 1.06 bits per heavy atom.